The van der Waals surface area contributed by atoms with E-state index in [1.165, 1.54) is 11.1 Å². The van der Waals surface area contributed by atoms with Crippen LogP contribution in [0.25, 0.3) is 21.9 Å². The van der Waals surface area contributed by atoms with Gasteiger partial charge in [-0.3, -0.25) is 14.5 Å². The molecular formula is C27H28N6O. The third kappa shape index (κ3) is 4.55. The number of rotatable bonds is 4. The van der Waals surface area contributed by atoms with Gasteiger partial charge in [-0.25, -0.2) is 4.98 Å². The molecule has 0 radical (unpaired) electrons. The summed E-state index contributed by atoms with van der Waals surface area (Å²) in [6, 6.07) is 7.85. The van der Waals surface area contributed by atoms with Crippen molar-refractivity contribution in [1.29, 1.82) is 0 Å². The average molecular weight is 453 g/mol. The fourth-order valence-corrected chi connectivity index (χ4v) is 4.74. The molecule has 1 aromatic carbocycles. The second-order valence-electron chi connectivity index (χ2n) is 9.06. The smallest absolute Gasteiger partial charge is 0.249 e. The molecule has 1 aliphatic carbocycles. The minimum atomic E-state index is -0.145. The molecule has 7 heteroatoms. The molecule has 5 rings (SSSR count). The number of aromatic nitrogens is 4. The number of nitrogens with zero attached hydrogens (tertiary/aromatic N) is 4. The SMILES string of the molecule is Cc1ccncc1-c1cc(N)c2cnc(NC(=O)C=C3CCC(c4cnn(C)c4)CC3)cc2c1. The number of hydrogen-bond acceptors (Lipinski definition) is 5. The Kier molecular flexibility index (Phi) is 5.84. The summed E-state index contributed by atoms with van der Waals surface area (Å²) in [5.74, 6) is 0.880. The van der Waals surface area contributed by atoms with Gasteiger partial charge in [0.15, 0.2) is 0 Å². The summed E-state index contributed by atoms with van der Waals surface area (Å²) in [4.78, 5) is 21.4. The van der Waals surface area contributed by atoms with Crippen LogP contribution in [0.4, 0.5) is 11.5 Å². The van der Waals surface area contributed by atoms with Gasteiger partial charge in [-0.2, -0.15) is 5.10 Å². The maximum absolute atomic E-state index is 12.7. The van der Waals surface area contributed by atoms with Crippen LogP contribution in [0, 0.1) is 6.92 Å². The summed E-state index contributed by atoms with van der Waals surface area (Å²) < 4.78 is 1.85. The first-order valence-electron chi connectivity index (χ1n) is 11.6. The molecule has 0 atom stereocenters. The van der Waals surface area contributed by atoms with Gasteiger partial charge in [0, 0.05) is 54.5 Å². The number of carbonyl (C=O) groups excluding carboxylic acids is 1. The molecule has 0 unspecified atom stereocenters. The molecule has 3 N–H and O–H groups in total. The van der Waals surface area contributed by atoms with Crippen LogP contribution in [0.3, 0.4) is 0 Å². The number of amides is 1. The Bertz CT molecular complexity index is 1390. The van der Waals surface area contributed by atoms with E-state index in [9.17, 15) is 4.79 Å². The zero-order chi connectivity index (χ0) is 23.7. The minimum Gasteiger partial charge on any atom is -0.398 e. The van der Waals surface area contributed by atoms with Crippen LogP contribution >= 0.6 is 0 Å². The quantitative estimate of drug-likeness (QED) is 0.330. The number of nitrogen functional groups attached to an aromatic ring is 1. The summed E-state index contributed by atoms with van der Waals surface area (Å²) in [6.07, 6.45) is 15.0. The number of anilines is 2. The molecule has 3 heterocycles. The van der Waals surface area contributed by atoms with Gasteiger partial charge >= 0.3 is 0 Å². The molecular weight excluding hydrogens is 424 g/mol. The lowest BCUT2D eigenvalue weighted by molar-refractivity contribution is -0.112. The van der Waals surface area contributed by atoms with Crippen LogP contribution in [0.15, 0.2) is 66.9 Å². The van der Waals surface area contributed by atoms with Gasteiger partial charge in [0.05, 0.1) is 6.20 Å². The summed E-state index contributed by atoms with van der Waals surface area (Å²) in [7, 11) is 1.94. The Morgan fingerprint density at radius 1 is 1.18 bits per heavy atom. The number of nitrogens with two attached hydrogens (primary N) is 1. The maximum atomic E-state index is 12.7. The van der Waals surface area contributed by atoms with Crippen molar-refractivity contribution in [3.8, 4) is 11.1 Å². The van der Waals surface area contributed by atoms with Crippen LogP contribution in [0.2, 0.25) is 0 Å². The first kappa shape index (κ1) is 21.8. The van der Waals surface area contributed by atoms with E-state index >= 15 is 0 Å². The topological polar surface area (TPSA) is 98.7 Å². The highest BCUT2D eigenvalue weighted by Gasteiger charge is 2.20. The van der Waals surface area contributed by atoms with Crippen molar-refractivity contribution in [3.63, 3.8) is 0 Å². The first-order chi connectivity index (χ1) is 16.5. The molecule has 0 bridgehead atoms. The summed E-state index contributed by atoms with van der Waals surface area (Å²) in [5.41, 5.74) is 12.6. The highest BCUT2D eigenvalue weighted by molar-refractivity contribution is 6.02. The summed E-state index contributed by atoms with van der Waals surface area (Å²) >= 11 is 0. The second-order valence-corrected chi connectivity index (χ2v) is 9.06. The van der Waals surface area contributed by atoms with Crippen LogP contribution in [-0.4, -0.2) is 25.7 Å². The highest BCUT2D eigenvalue weighted by atomic mass is 16.1. The van der Waals surface area contributed by atoms with Gasteiger partial charge in [-0.15, -0.1) is 0 Å². The Labute approximate surface area is 198 Å². The molecule has 1 amide bonds. The van der Waals surface area contributed by atoms with Crippen LogP contribution in [0.1, 0.15) is 42.7 Å². The van der Waals surface area contributed by atoms with E-state index in [-0.39, 0.29) is 5.91 Å². The van der Waals surface area contributed by atoms with Gasteiger partial charge < -0.3 is 11.1 Å². The predicted molar refractivity (Wildman–Crippen MR) is 135 cm³/mol. The predicted octanol–water partition coefficient (Wildman–Crippen LogP) is 5.14. The number of benzene rings is 1. The molecule has 172 valence electrons. The largest absolute Gasteiger partial charge is 0.398 e. The van der Waals surface area contributed by atoms with E-state index in [2.05, 4.69) is 32.6 Å². The molecule has 0 saturated heterocycles. The van der Waals surface area contributed by atoms with Crippen LogP contribution < -0.4 is 11.1 Å². The summed E-state index contributed by atoms with van der Waals surface area (Å²) in [5, 5.41) is 8.99. The Morgan fingerprint density at radius 2 is 2.00 bits per heavy atom. The highest BCUT2D eigenvalue weighted by Crippen LogP contribution is 2.35. The van der Waals surface area contributed by atoms with Crippen molar-refractivity contribution >= 4 is 28.2 Å². The maximum Gasteiger partial charge on any atom is 0.249 e. The molecule has 7 nitrogen and oxygen atoms in total. The molecule has 0 spiro atoms. The van der Waals surface area contributed by atoms with Gasteiger partial charge in [0.2, 0.25) is 5.91 Å². The normalized spacial score (nSPS) is 15.9. The number of hydrogen-bond donors (Lipinski definition) is 2. The average Bonchev–Trinajstić information content (AvgIpc) is 3.26. The second kappa shape index (κ2) is 9.09. The number of pyridine rings is 2. The van der Waals surface area contributed by atoms with Crippen molar-refractivity contribution in [1.82, 2.24) is 19.7 Å². The summed E-state index contributed by atoms with van der Waals surface area (Å²) in [6.45, 7) is 2.05. The van der Waals surface area contributed by atoms with Crippen LogP contribution in [0.5, 0.6) is 0 Å². The molecule has 1 saturated carbocycles. The van der Waals surface area contributed by atoms with E-state index in [1.54, 1.807) is 18.5 Å². The van der Waals surface area contributed by atoms with Crippen molar-refractivity contribution in [2.45, 2.75) is 38.5 Å². The van der Waals surface area contributed by atoms with E-state index in [0.29, 0.717) is 17.4 Å². The zero-order valence-electron chi connectivity index (χ0n) is 19.5. The van der Waals surface area contributed by atoms with Crippen molar-refractivity contribution in [2.24, 2.45) is 7.05 Å². The van der Waals surface area contributed by atoms with Gasteiger partial charge in [0.1, 0.15) is 5.82 Å². The monoisotopic (exact) mass is 452 g/mol. The number of nitrogens with one attached hydrogen (secondary N) is 1. The third-order valence-electron chi connectivity index (χ3n) is 6.63. The van der Waals surface area contributed by atoms with Crippen molar-refractivity contribution < 1.29 is 4.79 Å². The number of aryl methyl sites for hydroxylation is 2. The van der Waals surface area contributed by atoms with Crippen molar-refractivity contribution in [2.75, 3.05) is 11.1 Å². The van der Waals surface area contributed by atoms with E-state index in [1.807, 2.05) is 49.2 Å². The van der Waals surface area contributed by atoms with Gasteiger partial charge in [-0.05, 0) is 84.9 Å². The Balaban J connectivity index is 1.31. The number of fused-ring (bicyclic) bond motifs is 1. The molecule has 34 heavy (non-hydrogen) atoms. The fraction of sp³-hybridized carbons (Fsp3) is 0.259. The van der Waals surface area contributed by atoms with E-state index in [4.69, 9.17) is 5.73 Å². The lowest BCUT2D eigenvalue weighted by atomic mass is 9.82. The zero-order valence-corrected chi connectivity index (χ0v) is 19.5. The minimum absolute atomic E-state index is 0.145. The van der Waals surface area contributed by atoms with Gasteiger partial charge in [0.25, 0.3) is 0 Å². The lowest BCUT2D eigenvalue weighted by Gasteiger charge is -2.22. The standard InChI is InChI=1S/C27H28N6O/c1-17-7-8-29-14-23(17)20-10-21-12-26(30-15-24(21)25(28)11-20)32-27(34)9-18-3-5-19(6-4-18)22-13-31-33(2)16-22/h7-16,19H,3-6,28H2,1-2H3,(H,30,32,34). The Morgan fingerprint density at radius 3 is 2.74 bits per heavy atom. The van der Waals surface area contributed by atoms with Gasteiger partial charge in [-0.1, -0.05) is 5.57 Å². The molecule has 4 aromatic rings. The van der Waals surface area contributed by atoms with E-state index < -0.39 is 0 Å². The number of allylic oxidation sites excluding steroid dienone is 1. The molecule has 1 aliphatic rings. The van der Waals surface area contributed by atoms with Crippen molar-refractivity contribution in [3.05, 3.63) is 78.0 Å². The molecule has 3 aromatic heterocycles. The van der Waals surface area contributed by atoms with Crippen LogP contribution in [-0.2, 0) is 11.8 Å². The lowest BCUT2D eigenvalue weighted by Crippen LogP contribution is -2.12. The molecule has 1 fully saturated rings. The molecule has 0 aliphatic heterocycles. The first-order valence-corrected chi connectivity index (χ1v) is 11.6. The number of carbonyl (C=O) groups is 1. The van der Waals surface area contributed by atoms with E-state index in [0.717, 1.165) is 53.1 Å². The third-order valence-corrected chi connectivity index (χ3v) is 6.63. The Hall–Kier alpha value is -4.00. The fourth-order valence-electron chi connectivity index (χ4n) is 4.74.